The summed E-state index contributed by atoms with van der Waals surface area (Å²) in [5.41, 5.74) is 0. The van der Waals surface area contributed by atoms with Crippen molar-refractivity contribution in [2.24, 2.45) is 5.92 Å². The predicted molar refractivity (Wildman–Crippen MR) is 42.1 cm³/mol. The normalized spacial score (nSPS) is 11.9. The van der Waals surface area contributed by atoms with Crippen molar-refractivity contribution in [3.05, 3.63) is 0 Å². The van der Waals surface area contributed by atoms with Crippen LogP contribution in [0, 0.1) is 17.8 Å². The zero-order valence-electron chi connectivity index (χ0n) is 6.70. The molecule has 0 aliphatic carbocycles. The smallest absolute Gasteiger partial charge is 0.0114 e. The molecule has 0 N–H and O–H groups in total. The molecule has 0 heterocycles. The van der Waals surface area contributed by atoms with Gasteiger partial charge in [-0.3, -0.25) is 0 Å². The monoisotopic (exact) mass is 124 g/mol. The van der Waals surface area contributed by atoms with Gasteiger partial charge in [-0.1, -0.05) is 27.2 Å². The van der Waals surface area contributed by atoms with Gasteiger partial charge in [0.1, 0.15) is 0 Å². The van der Waals surface area contributed by atoms with Crippen LogP contribution in [0.25, 0.3) is 0 Å². The Morgan fingerprint density at radius 1 is 1.22 bits per heavy atom. The third-order valence-corrected chi connectivity index (χ3v) is 1.45. The van der Waals surface area contributed by atoms with E-state index >= 15 is 0 Å². The predicted octanol–water partition coefficient (Wildman–Crippen LogP) is 2.84. The standard InChI is InChI=1S/C9H16/c1-4-6-7-8-9(3)5-2/h9H,4-5,8H2,1-3H3. The second-order valence-electron chi connectivity index (χ2n) is 2.42. The van der Waals surface area contributed by atoms with Crippen molar-refractivity contribution in [3.63, 3.8) is 0 Å². The topological polar surface area (TPSA) is 0 Å². The Kier molecular flexibility index (Phi) is 5.41. The van der Waals surface area contributed by atoms with Crippen LogP contribution in [-0.4, -0.2) is 0 Å². The Balaban J connectivity index is 3.25. The molecule has 0 heteroatoms. The molecular weight excluding hydrogens is 108 g/mol. The second-order valence-corrected chi connectivity index (χ2v) is 2.42. The largest absolute Gasteiger partial charge is 0.104 e. The first kappa shape index (κ1) is 8.56. The van der Waals surface area contributed by atoms with Crippen molar-refractivity contribution in [2.75, 3.05) is 0 Å². The van der Waals surface area contributed by atoms with Crippen molar-refractivity contribution < 1.29 is 0 Å². The van der Waals surface area contributed by atoms with Crippen molar-refractivity contribution in [2.45, 2.75) is 40.0 Å². The highest BCUT2D eigenvalue weighted by molar-refractivity contribution is 4.98. The lowest BCUT2D eigenvalue weighted by atomic mass is 10.1. The van der Waals surface area contributed by atoms with Crippen molar-refractivity contribution in [1.29, 1.82) is 0 Å². The molecule has 0 aromatic heterocycles. The summed E-state index contributed by atoms with van der Waals surface area (Å²) < 4.78 is 0. The van der Waals surface area contributed by atoms with Crippen LogP contribution >= 0.6 is 0 Å². The van der Waals surface area contributed by atoms with Crippen LogP contribution in [0.4, 0.5) is 0 Å². The van der Waals surface area contributed by atoms with Gasteiger partial charge >= 0.3 is 0 Å². The van der Waals surface area contributed by atoms with E-state index in [4.69, 9.17) is 0 Å². The molecule has 0 nitrogen and oxygen atoms in total. The summed E-state index contributed by atoms with van der Waals surface area (Å²) in [5.74, 6) is 6.98. The van der Waals surface area contributed by atoms with Crippen molar-refractivity contribution in [1.82, 2.24) is 0 Å². The van der Waals surface area contributed by atoms with Gasteiger partial charge in [0.05, 0.1) is 0 Å². The van der Waals surface area contributed by atoms with Gasteiger partial charge < -0.3 is 0 Å². The lowest BCUT2D eigenvalue weighted by Crippen LogP contribution is -1.87. The van der Waals surface area contributed by atoms with E-state index in [1.165, 1.54) is 6.42 Å². The zero-order chi connectivity index (χ0) is 7.11. The molecular formula is C9H16. The molecule has 0 saturated carbocycles. The quantitative estimate of drug-likeness (QED) is 0.496. The number of rotatable bonds is 2. The minimum atomic E-state index is 0.782. The van der Waals surface area contributed by atoms with E-state index in [1.807, 2.05) is 0 Å². The van der Waals surface area contributed by atoms with E-state index in [9.17, 15) is 0 Å². The molecule has 0 aromatic rings. The molecule has 0 amide bonds. The Labute approximate surface area is 58.7 Å². The van der Waals surface area contributed by atoms with Gasteiger partial charge in [0.2, 0.25) is 0 Å². The summed E-state index contributed by atoms with van der Waals surface area (Å²) in [4.78, 5) is 0. The van der Waals surface area contributed by atoms with Crippen molar-refractivity contribution in [3.8, 4) is 11.8 Å². The third kappa shape index (κ3) is 5.43. The Morgan fingerprint density at radius 2 is 1.89 bits per heavy atom. The van der Waals surface area contributed by atoms with Crippen LogP contribution in [0.2, 0.25) is 0 Å². The maximum absolute atomic E-state index is 3.14. The summed E-state index contributed by atoms with van der Waals surface area (Å²) in [6.45, 7) is 6.53. The zero-order valence-corrected chi connectivity index (χ0v) is 6.70. The summed E-state index contributed by atoms with van der Waals surface area (Å²) in [7, 11) is 0. The second kappa shape index (κ2) is 5.69. The average Bonchev–Trinajstić information content (AvgIpc) is 1.89. The molecule has 9 heavy (non-hydrogen) atoms. The molecule has 0 aromatic carbocycles. The van der Waals surface area contributed by atoms with E-state index in [0.29, 0.717) is 0 Å². The number of hydrogen-bond donors (Lipinski definition) is 0. The van der Waals surface area contributed by atoms with E-state index in [0.717, 1.165) is 18.8 Å². The molecule has 1 unspecified atom stereocenters. The first-order valence-corrected chi connectivity index (χ1v) is 3.77. The molecule has 0 bridgehead atoms. The first-order valence-electron chi connectivity index (χ1n) is 3.77. The lowest BCUT2D eigenvalue weighted by Gasteiger charge is -1.99. The maximum atomic E-state index is 3.14. The molecule has 0 rings (SSSR count). The molecule has 0 saturated heterocycles. The molecule has 1 atom stereocenters. The third-order valence-electron chi connectivity index (χ3n) is 1.45. The van der Waals surface area contributed by atoms with Crippen LogP contribution in [-0.2, 0) is 0 Å². The van der Waals surface area contributed by atoms with Gasteiger partial charge in [-0.2, -0.15) is 0 Å². The molecule has 52 valence electrons. The molecule has 0 radical (unpaired) electrons. The fourth-order valence-electron chi connectivity index (χ4n) is 0.516. The minimum absolute atomic E-state index is 0.782. The van der Waals surface area contributed by atoms with Gasteiger partial charge in [-0.25, -0.2) is 0 Å². The van der Waals surface area contributed by atoms with E-state index in [2.05, 4.69) is 32.6 Å². The minimum Gasteiger partial charge on any atom is -0.104 e. The van der Waals surface area contributed by atoms with Gasteiger partial charge in [-0.05, 0) is 5.92 Å². The summed E-state index contributed by atoms with van der Waals surface area (Å²) in [5, 5.41) is 0. The SMILES string of the molecule is CCC#CCC(C)CC. The maximum Gasteiger partial charge on any atom is 0.0114 e. The highest BCUT2D eigenvalue weighted by atomic mass is 14.0. The van der Waals surface area contributed by atoms with Crippen molar-refractivity contribution >= 4 is 0 Å². The molecule has 0 fully saturated rings. The van der Waals surface area contributed by atoms with E-state index in [-0.39, 0.29) is 0 Å². The molecule has 0 aliphatic rings. The number of hydrogen-bond acceptors (Lipinski definition) is 0. The van der Waals surface area contributed by atoms with Gasteiger partial charge in [-0.15, -0.1) is 11.8 Å². The van der Waals surface area contributed by atoms with Gasteiger partial charge in [0.15, 0.2) is 0 Å². The van der Waals surface area contributed by atoms with Crippen LogP contribution in [0.5, 0.6) is 0 Å². The molecule has 0 aliphatic heterocycles. The Hall–Kier alpha value is -0.440. The van der Waals surface area contributed by atoms with Crippen LogP contribution < -0.4 is 0 Å². The van der Waals surface area contributed by atoms with Gasteiger partial charge in [0.25, 0.3) is 0 Å². The fourth-order valence-corrected chi connectivity index (χ4v) is 0.516. The lowest BCUT2D eigenvalue weighted by molar-refractivity contribution is 0.580. The molecule has 0 spiro atoms. The van der Waals surface area contributed by atoms with E-state index in [1.54, 1.807) is 0 Å². The summed E-state index contributed by atoms with van der Waals surface area (Å²) in [6, 6.07) is 0. The van der Waals surface area contributed by atoms with Crippen LogP contribution in [0.15, 0.2) is 0 Å². The summed E-state index contributed by atoms with van der Waals surface area (Å²) >= 11 is 0. The summed E-state index contributed by atoms with van der Waals surface area (Å²) in [6.07, 6.45) is 3.32. The first-order chi connectivity index (χ1) is 4.31. The highest BCUT2D eigenvalue weighted by Gasteiger charge is 1.91. The highest BCUT2D eigenvalue weighted by Crippen LogP contribution is 2.03. The Bertz CT molecular complexity index is 103. The van der Waals surface area contributed by atoms with Crippen LogP contribution in [0.3, 0.4) is 0 Å². The fraction of sp³-hybridized carbons (Fsp3) is 0.778. The average molecular weight is 124 g/mol. The Morgan fingerprint density at radius 3 is 2.33 bits per heavy atom. The van der Waals surface area contributed by atoms with Crippen LogP contribution in [0.1, 0.15) is 40.0 Å². The van der Waals surface area contributed by atoms with Gasteiger partial charge in [0, 0.05) is 12.8 Å². The van der Waals surface area contributed by atoms with E-state index < -0.39 is 0 Å².